The van der Waals surface area contributed by atoms with E-state index in [-0.39, 0.29) is 18.4 Å². The van der Waals surface area contributed by atoms with Crippen molar-refractivity contribution >= 4 is 22.7 Å². The van der Waals surface area contributed by atoms with Gasteiger partial charge in [0, 0.05) is 37.1 Å². The molecule has 0 radical (unpaired) electrons. The molecule has 3 aromatic rings. The molecule has 1 aliphatic carbocycles. The third-order valence-corrected chi connectivity index (χ3v) is 6.33. The van der Waals surface area contributed by atoms with Crippen molar-refractivity contribution in [3.63, 3.8) is 0 Å². The minimum absolute atomic E-state index is 0.0924. The fraction of sp³-hybridized carbons (Fsp3) is 0.348. The number of benzene rings is 2. The Kier molecular flexibility index (Phi) is 4.87. The van der Waals surface area contributed by atoms with Crippen LogP contribution < -0.4 is 0 Å². The minimum atomic E-state index is -1.17. The van der Waals surface area contributed by atoms with Crippen LogP contribution in [0.15, 0.2) is 42.5 Å². The molecule has 1 aliphatic heterocycles. The van der Waals surface area contributed by atoms with E-state index >= 15 is 0 Å². The predicted molar refractivity (Wildman–Crippen MR) is 115 cm³/mol. The third-order valence-electron chi connectivity index (χ3n) is 6.33. The standard InChI is InChI=1S/C23H24N4O5/c28-14-19-18-6-5-17(13-20(18)27(32)24-19)15-1-3-16(4-2-15)21(29)25-9-11-26(12-10-25)22(30)23(31)7-8-23/h1-6,13,28,31-32H,7-12,14H2. The second-order valence-electron chi connectivity index (χ2n) is 8.42. The minimum Gasteiger partial charge on any atom is -0.411 e. The van der Waals surface area contributed by atoms with Crippen LogP contribution in [0.25, 0.3) is 22.0 Å². The van der Waals surface area contributed by atoms with Crippen LogP contribution in [0.2, 0.25) is 0 Å². The first kappa shape index (κ1) is 20.5. The molecule has 1 aromatic heterocycles. The molecule has 5 rings (SSSR count). The molecule has 0 unspecified atom stereocenters. The van der Waals surface area contributed by atoms with Crippen LogP contribution in [0.4, 0.5) is 0 Å². The number of aromatic nitrogens is 2. The van der Waals surface area contributed by atoms with E-state index in [1.165, 1.54) is 0 Å². The van der Waals surface area contributed by atoms with E-state index in [1.54, 1.807) is 34.1 Å². The average Bonchev–Trinajstić information content (AvgIpc) is 3.51. The van der Waals surface area contributed by atoms with Gasteiger partial charge in [0.15, 0.2) is 0 Å². The van der Waals surface area contributed by atoms with E-state index < -0.39 is 5.60 Å². The number of nitrogens with zero attached hydrogens (tertiary/aromatic N) is 4. The lowest BCUT2D eigenvalue weighted by molar-refractivity contribution is -0.143. The van der Waals surface area contributed by atoms with E-state index in [1.807, 2.05) is 18.2 Å². The van der Waals surface area contributed by atoms with Crippen molar-refractivity contribution in [1.29, 1.82) is 0 Å². The quantitative estimate of drug-likeness (QED) is 0.530. The van der Waals surface area contributed by atoms with Gasteiger partial charge in [0.2, 0.25) is 0 Å². The maximum atomic E-state index is 12.9. The highest BCUT2D eigenvalue weighted by atomic mass is 16.5. The van der Waals surface area contributed by atoms with E-state index in [0.717, 1.165) is 16.0 Å². The predicted octanol–water partition coefficient (Wildman–Crippen LogP) is 1.24. The maximum absolute atomic E-state index is 12.9. The van der Waals surface area contributed by atoms with Crippen LogP contribution in [0.3, 0.4) is 0 Å². The molecule has 2 aliphatic rings. The molecule has 32 heavy (non-hydrogen) atoms. The molecule has 0 bridgehead atoms. The van der Waals surface area contributed by atoms with E-state index in [4.69, 9.17) is 0 Å². The maximum Gasteiger partial charge on any atom is 0.254 e. The summed E-state index contributed by atoms with van der Waals surface area (Å²) in [4.78, 5) is 29.3. The van der Waals surface area contributed by atoms with Gasteiger partial charge < -0.3 is 25.2 Å². The topological polar surface area (TPSA) is 119 Å². The van der Waals surface area contributed by atoms with Crippen LogP contribution in [-0.2, 0) is 11.4 Å². The summed E-state index contributed by atoms with van der Waals surface area (Å²) < 4.78 is 0. The van der Waals surface area contributed by atoms with Gasteiger partial charge in [-0.1, -0.05) is 24.3 Å². The van der Waals surface area contributed by atoms with Gasteiger partial charge in [-0.25, -0.2) is 0 Å². The molecular formula is C23H24N4O5. The van der Waals surface area contributed by atoms with Crippen LogP contribution in [0.1, 0.15) is 28.9 Å². The summed E-state index contributed by atoms with van der Waals surface area (Å²) in [6.07, 6.45) is 1.04. The van der Waals surface area contributed by atoms with Crippen molar-refractivity contribution in [3.8, 4) is 11.1 Å². The number of carbonyl (C=O) groups is 2. The number of hydrogen-bond donors (Lipinski definition) is 3. The molecular weight excluding hydrogens is 412 g/mol. The second kappa shape index (κ2) is 7.61. The lowest BCUT2D eigenvalue weighted by atomic mass is 10.0. The molecule has 2 fully saturated rings. The molecule has 3 N–H and O–H groups in total. The Hall–Kier alpha value is -3.43. The summed E-state index contributed by atoms with van der Waals surface area (Å²) in [5.74, 6) is -0.313. The van der Waals surface area contributed by atoms with Gasteiger partial charge in [0.05, 0.1) is 12.3 Å². The second-order valence-corrected chi connectivity index (χ2v) is 8.42. The van der Waals surface area contributed by atoms with Gasteiger partial charge in [-0.15, -0.1) is 9.94 Å². The zero-order valence-electron chi connectivity index (χ0n) is 17.4. The van der Waals surface area contributed by atoms with Crippen molar-refractivity contribution in [3.05, 3.63) is 53.7 Å². The fourth-order valence-electron chi connectivity index (χ4n) is 4.19. The number of fused-ring (bicyclic) bond motifs is 1. The first-order valence-electron chi connectivity index (χ1n) is 10.6. The molecule has 2 aromatic carbocycles. The summed E-state index contributed by atoms with van der Waals surface area (Å²) in [6, 6.07) is 12.7. The summed E-state index contributed by atoms with van der Waals surface area (Å²) in [6.45, 7) is 1.47. The molecule has 9 heteroatoms. The summed E-state index contributed by atoms with van der Waals surface area (Å²) >= 11 is 0. The lowest BCUT2D eigenvalue weighted by Crippen LogP contribution is -2.53. The van der Waals surface area contributed by atoms with Gasteiger partial charge in [-0.05, 0) is 42.2 Å². The fourth-order valence-corrected chi connectivity index (χ4v) is 4.19. The lowest BCUT2D eigenvalue weighted by Gasteiger charge is -2.35. The van der Waals surface area contributed by atoms with Crippen molar-refractivity contribution in [1.82, 2.24) is 19.7 Å². The Balaban J connectivity index is 1.28. The van der Waals surface area contributed by atoms with E-state index in [2.05, 4.69) is 5.10 Å². The molecule has 0 spiro atoms. The van der Waals surface area contributed by atoms with Crippen molar-refractivity contribution < 1.29 is 25.0 Å². The summed E-state index contributed by atoms with van der Waals surface area (Å²) in [5, 5.41) is 33.9. The molecule has 0 atom stereocenters. The summed E-state index contributed by atoms with van der Waals surface area (Å²) in [7, 11) is 0. The Labute approximate surface area is 184 Å². The molecule has 1 saturated carbocycles. The number of aliphatic hydroxyl groups excluding tert-OH is 1. The Morgan fingerprint density at radius 1 is 0.938 bits per heavy atom. The number of hydrogen-bond acceptors (Lipinski definition) is 6. The highest BCUT2D eigenvalue weighted by Crippen LogP contribution is 2.37. The van der Waals surface area contributed by atoms with Crippen LogP contribution in [0.5, 0.6) is 0 Å². The number of amides is 2. The number of piperazine rings is 1. The third kappa shape index (κ3) is 3.49. The van der Waals surface area contributed by atoms with Crippen molar-refractivity contribution in [2.24, 2.45) is 0 Å². The molecule has 2 heterocycles. The zero-order chi connectivity index (χ0) is 22.5. The molecule has 2 amide bonds. The Morgan fingerprint density at radius 3 is 2.19 bits per heavy atom. The largest absolute Gasteiger partial charge is 0.411 e. The highest BCUT2D eigenvalue weighted by Gasteiger charge is 2.50. The van der Waals surface area contributed by atoms with E-state index in [9.17, 15) is 25.0 Å². The SMILES string of the molecule is O=C(c1ccc(-c2ccc3c(CO)nn(O)c3c2)cc1)N1CCN(C(=O)C2(O)CC2)CC1. The van der Waals surface area contributed by atoms with E-state index in [0.29, 0.717) is 61.2 Å². The molecule has 166 valence electrons. The number of aliphatic hydroxyl groups is 2. The number of carbonyl (C=O) groups excluding carboxylic acids is 2. The average molecular weight is 436 g/mol. The van der Waals surface area contributed by atoms with Crippen LogP contribution in [0, 0.1) is 0 Å². The normalized spacial score (nSPS) is 17.6. The van der Waals surface area contributed by atoms with Gasteiger partial charge in [0.1, 0.15) is 11.1 Å². The molecule has 1 saturated heterocycles. The van der Waals surface area contributed by atoms with Gasteiger partial charge >= 0.3 is 0 Å². The Bertz CT molecular complexity index is 1190. The molecule has 9 nitrogen and oxygen atoms in total. The van der Waals surface area contributed by atoms with Crippen LogP contribution in [-0.4, -0.2) is 78.8 Å². The summed E-state index contributed by atoms with van der Waals surface area (Å²) in [5.41, 5.74) is 2.02. The van der Waals surface area contributed by atoms with Gasteiger partial charge in [0.25, 0.3) is 11.8 Å². The number of rotatable bonds is 4. The monoisotopic (exact) mass is 436 g/mol. The first-order valence-corrected chi connectivity index (χ1v) is 10.6. The highest BCUT2D eigenvalue weighted by molar-refractivity contribution is 5.95. The first-order chi connectivity index (χ1) is 15.4. The van der Waals surface area contributed by atoms with Crippen LogP contribution >= 0.6 is 0 Å². The van der Waals surface area contributed by atoms with Crippen molar-refractivity contribution in [2.45, 2.75) is 25.0 Å². The van der Waals surface area contributed by atoms with Gasteiger partial charge in [-0.2, -0.15) is 0 Å². The van der Waals surface area contributed by atoms with Gasteiger partial charge in [-0.3, -0.25) is 9.59 Å². The smallest absolute Gasteiger partial charge is 0.254 e. The van der Waals surface area contributed by atoms with Crippen molar-refractivity contribution in [2.75, 3.05) is 26.2 Å². The Morgan fingerprint density at radius 2 is 1.56 bits per heavy atom. The zero-order valence-corrected chi connectivity index (χ0v) is 17.4.